The molecule has 1 aliphatic heterocycles. The average molecular weight is 764 g/mol. The van der Waals surface area contributed by atoms with Gasteiger partial charge in [-0.25, -0.2) is 0 Å². The van der Waals surface area contributed by atoms with Crippen LogP contribution in [0.4, 0.5) is 5.69 Å². The van der Waals surface area contributed by atoms with Gasteiger partial charge in [-0.15, -0.1) is 0 Å². The molecule has 0 aromatic heterocycles. The van der Waals surface area contributed by atoms with E-state index in [0.717, 1.165) is 5.56 Å². The number of carbonyl (C=O) groups excluding carboxylic acids is 4. The first-order valence-corrected chi connectivity index (χ1v) is 18.7. The van der Waals surface area contributed by atoms with Crippen molar-refractivity contribution in [3.05, 3.63) is 39.9 Å². The molecule has 0 aliphatic carbocycles. The second-order valence-corrected chi connectivity index (χ2v) is 17.9. The van der Waals surface area contributed by atoms with Crippen LogP contribution in [-0.2, 0) is 44.5 Å². The lowest BCUT2D eigenvalue weighted by Gasteiger charge is -2.37. The molecule has 2 rings (SSSR count). The van der Waals surface area contributed by atoms with Gasteiger partial charge in [-0.1, -0.05) is 12.1 Å². The van der Waals surface area contributed by atoms with Gasteiger partial charge in [-0.05, 0) is 95.1 Å². The highest BCUT2D eigenvalue weighted by Gasteiger charge is 2.31. The van der Waals surface area contributed by atoms with Crippen LogP contribution in [0.5, 0.6) is 0 Å². The summed E-state index contributed by atoms with van der Waals surface area (Å²) in [6.45, 7) is 24.4. The van der Waals surface area contributed by atoms with Crippen LogP contribution >= 0.6 is 0 Å². The van der Waals surface area contributed by atoms with E-state index in [2.05, 4.69) is 4.90 Å². The number of nitro benzene ring substituents is 1. The lowest BCUT2D eigenvalue weighted by atomic mass is 10.0. The number of carbonyl (C=O) groups is 4. The van der Waals surface area contributed by atoms with Crippen molar-refractivity contribution in [1.82, 2.24) is 19.6 Å². The van der Waals surface area contributed by atoms with Crippen molar-refractivity contribution in [2.45, 2.75) is 118 Å². The number of nitro groups is 1. The summed E-state index contributed by atoms with van der Waals surface area (Å²) in [6.07, 6.45) is 0.412. The summed E-state index contributed by atoms with van der Waals surface area (Å²) in [5.41, 5.74) is -2.03. The van der Waals surface area contributed by atoms with E-state index in [0.29, 0.717) is 45.7 Å². The Hall–Kier alpha value is -3.66. The summed E-state index contributed by atoms with van der Waals surface area (Å²) in [6, 6.07) is 5.99. The molecule has 1 aromatic rings. The fraction of sp³-hybridized carbons (Fsp3) is 0.744. The van der Waals surface area contributed by atoms with Gasteiger partial charge in [0, 0.05) is 64.0 Å². The number of nitrogens with zero attached hydrogens (tertiary/aromatic N) is 5. The minimum Gasteiger partial charge on any atom is -0.459 e. The Morgan fingerprint density at radius 1 is 0.630 bits per heavy atom. The molecule has 0 bridgehead atoms. The Bertz CT molecular complexity index is 1330. The Morgan fingerprint density at radius 2 is 0.981 bits per heavy atom. The quantitative estimate of drug-likeness (QED) is 0.115. The molecule has 0 N–H and O–H groups in total. The first-order chi connectivity index (χ1) is 24.7. The van der Waals surface area contributed by atoms with Gasteiger partial charge < -0.3 is 18.9 Å². The van der Waals surface area contributed by atoms with E-state index in [1.165, 1.54) is 12.1 Å². The monoisotopic (exact) mass is 763 g/mol. The molecule has 0 spiro atoms. The SMILES string of the molecule is CC(C)(C)OC(=O)CN1CCN(CC(=O)OC(C)(C)C)CCN(C(Cc2ccc([N+](=O)[O-])cc2)CN(CC(=O)OC(C)(C)C)CC(=O)OC(C)(C)C)CC1. The molecule has 0 radical (unpaired) electrons. The third kappa shape index (κ3) is 20.1. The van der Waals surface area contributed by atoms with E-state index in [4.69, 9.17) is 18.9 Å². The van der Waals surface area contributed by atoms with Crippen molar-refractivity contribution in [3.8, 4) is 0 Å². The van der Waals surface area contributed by atoms with Crippen molar-refractivity contribution < 1.29 is 43.0 Å². The largest absolute Gasteiger partial charge is 0.459 e. The topological polar surface area (TPSA) is 161 Å². The van der Waals surface area contributed by atoms with Crippen molar-refractivity contribution >= 4 is 29.6 Å². The molecule has 1 unspecified atom stereocenters. The maximum Gasteiger partial charge on any atom is 0.320 e. The van der Waals surface area contributed by atoms with Gasteiger partial charge in [-0.3, -0.25) is 48.9 Å². The zero-order valence-electron chi connectivity index (χ0n) is 34.7. The van der Waals surface area contributed by atoms with Gasteiger partial charge in [0.05, 0.1) is 31.1 Å². The molecule has 54 heavy (non-hydrogen) atoms. The third-order valence-corrected chi connectivity index (χ3v) is 7.83. The highest BCUT2D eigenvalue weighted by atomic mass is 16.6. The van der Waals surface area contributed by atoms with Gasteiger partial charge in [0.2, 0.25) is 0 Å². The summed E-state index contributed by atoms with van der Waals surface area (Å²) in [7, 11) is 0. The van der Waals surface area contributed by atoms with E-state index >= 15 is 0 Å². The number of hydrogen-bond acceptors (Lipinski definition) is 14. The van der Waals surface area contributed by atoms with Crippen molar-refractivity contribution in [2.24, 2.45) is 0 Å². The molecule has 0 saturated carbocycles. The van der Waals surface area contributed by atoms with E-state index in [-0.39, 0.29) is 56.4 Å². The number of esters is 4. The third-order valence-electron chi connectivity index (χ3n) is 7.83. The normalized spacial score (nSPS) is 16.5. The molecule has 306 valence electrons. The first-order valence-electron chi connectivity index (χ1n) is 18.7. The number of benzene rings is 1. The maximum absolute atomic E-state index is 13.2. The zero-order valence-corrected chi connectivity index (χ0v) is 34.7. The lowest BCUT2D eigenvalue weighted by molar-refractivity contribution is -0.384. The Morgan fingerprint density at radius 3 is 1.33 bits per heavy atom. The predicted molar refractivity (Wildman–Crippen MR) is 205 cm³/mol. The van der Waals surface area contributed by atoms with Crippen LogP contribution in [0.25, 0.3) is 0 Å². The van der Waals surface area contributed by atoms with Crippen LogP contribution in [0, 0.1) is 10.1 Å². The molecule has 1 heterocycles. The second kappa shape index (κ2) is 19.8. The minimum absolute atomic E-state index is 0.0369. The van der Waals surface area contributed by atoms with E-state index in [1.54, 1.807) is 58.6 Å². The number of ether oxygens (including phenoxy) is 4. The zero-order chi connectivity index (χ0) is 41.1. The van der Waals surface area contributed by atoms with Gasteiger partial charge in [0.15, 0.2) is 0 Å². The standard InChI is InChI=1S/C39H65N5O10/c1-36(2,3)51-32(45)25-40-17-18-41(26-33(46)52-37(4,5)6)20-22-43(21-19-40)31(23-29-13-15-30(16-14-29)44(49)50)24-42(27-34(47)53-38(7,8)9)28-35(48)54-39(10,11)12/h13-16,31H,17-28H2,1-12H3. The maximum atomic E-state index is 13.2. The Balaban J connectivity index is 2.55. The summed E-state index contributed by atoms with van der Waals surface area (Å²) in [4.78, 5) is 71.3. The fourth-order valence-electron chi connectivity index (χ4n) is 5.88. The molecular formula is C39H65N5O10. The molecule has 0 amide bonds. The lowest BCUT2D eigenvalue weighted by Crippen LogP contribution is -2.51. The number of rotatable bonds is 14. The molecule has 1 atom stereocenters. The molecule has 15 nitrogen and oxygen atoms in total. The van der Waals surface area contributed by atoms with Crippen LogP contribution in [0.3, 0.4) is 0 Å². The van der Waals surface area contributed by atoms with Crippen molar-refractivity contribution in [1.29, 1.82) is 0 Å². The number of hydrogen-bond donors (Lipinski definition) is 0. The molecule has 1 aromatic carbocycles. The van der Waals surface area contributed by atoms with Crippen LogP contribution in [0.2, 0.25) is 0 Å². The molecule has 15 heteroatoms. The predicted octanol–water partition coefficient (Wildman–Crippen LogP) is 4.09. The van der Waals surface area contributed by atoms with Crippen LogP contribution < -0.4 is 0 Å². The van der Waals surface area contributed by atoms with Crippen molar-refractivity contribution in [2.75, 3.05) is 72.0 Å². The van der Waals surface area contributed by atoms with Gasteiger partial charge in [-0.2, -0.15) is 0 Å². The van der Waals surface area contributed by atoms with Gasteiger partial charge >= 0.3 is 23.9 Å². The van der Waals surface area contributed by atoms with Crippen LogP contribution in [0.1, 0.15) is 88.6 Å². The molecule has 1 fully saturated rings. The van der Waals surface area contributed by atoms with Gasteiger partial charge in [0.1, 0.15) is 22.4 Å². The van der Waals surface area contributed by atoms with E-state index in [9.17, 15) is 29.3 Å². The Labute approximate surface area is 321 Å². The second-order valence-electron chi connectivity index (χ2n) is 17.9. The summed E-state index contributed by atoms with van der Waals surface area (Å²) >= 11 is 0. The van der Waals surface area contributed by atoms with Crippen LogP contribution in [0.15, 0.2) is 24.3 Å². The van der Waals surface area contributed by atoms with E-state index in [1.807, 2.05) is 51.3 Å². The van der Waals surface area contributed by atoms with E-state index < -0.39 is 39.3 Å². The highest BCUT2D eigenvalue weighted by Crippen LogP contribution is 2.19. The number of non-ortho nitro benzene ring substituents is 1. The summed E-state index contributed by atoms with van der Waals surface area (Å²) in [5.74, 6) is -1.74. The van der Waals surface area contributed by atoms with Crippen LogP contribution in [-0.4, -0.2) is 149 Å². The average Bonchev–Trinajstić information content (AvgIpc) is 3.04. The first kappa shape index (κ1) is 46.5. The molecule has 1 saturated heterocycles. The molecular weight excluding hydrogens is 698 g/mol. The fourth-order valence-corrected chi connectivity index (χ4v) is 5.88. The highest BCUT2D eigenvalue weighted by molar-refractivity contribution is 5.75. The minimum atomic E-state index is -0.747. The summed E-state index contributed by atoms with van der Waals surface area (Å²) < 4.78 is 22.6. The Kier molecular flexibility index (Phi) is 17.0. The summed E-state index contributed by atoms with van der Waals surface area (Å²) in [5, 5.41) is 11.4. The smallest absolute Gasteiger partial charge is 0.320 e. The van der Waals surface area contributed by atoms with Crippen molar-refractivity contribution in [3.63, 3.8) is 0 Å². The van der Waals surface area contributed by atoms with Gasteiger partial charge in [0.25, 0.3) is 5.69 Å². The molecule has 1 aliphatic rings.